The number of carbonyl (C=O) groups is 1. The van der Waals surface area contributed by atoms with Crippen LogP contribution in [0.25, 0.3) is 17.7 Å². The van der Waals surface area contributed by atoms with Crippen molar-refractivity contribution >= 4 is 23.7 Å². The summed E-state index contributed by atoms with van der Waals surface area (Å²) in [5, 5.41) is 0. The SMILES string of the molecule is CC1OC(=O)c2ccccc2C(=Cc2ccccc2)C1=Cc1ccc(C(F)(F)F)cc1. The molecule has 1 aliphatic heterocycles. The normalized spacial score (nSPS) is 19.1. The molecule has 5 heteroatoms. The maximum Gasteiger partial charge on any atom is 0.416 e. The van der Waals surface area contributed by atoms with Gasteiger partial charge in [0.1, 0.15) is 6.10 Å². The Kier molecular flexibility index (Phi) is 5.51. The van der Waals surface area contributed by atoms with Crippen LogP contribution in [0.4, 0.5) is 13.2 Å². The van der Waals surface area contributed by atoms with Gasteiger partial charge in [-0.2, -0.15) is 13.2 Å². The van der Waals surface area contributed by atoms with Crippen LogP contribution in [0.15, 0.2) is 84.4 Å². The quantitative estimate of drug-likeness (QED) is 0.422. The third kappa shape index (κ3) is 4.45. The van der Waals surface area contributed by atoms with Gasteiger partial charge in [-0.05, 0) is 59.5 Å². The molecule has 31 heavy (non-hydrogen) atoms. The number of hydrogen-bond donors (Lipinski definition) is 0. The lowest BCUT2D eigenvalue weighted by atomic mass is 9.89. The zero-order valence-corrected chi connectivity index (χ0v) is 16.7. The van der Waals surface area contributed by atoms with E-state index in [4.69, 9.17) is 4.74 Å². The van der Waals surface area contributed by atoms with E-state index in [2.05, 4.69) is 0 Å². The van der Waals surface area contributed by atoms with Crippen molar-refractivity contribution in [1.82, 2.24) is 0 Å². The van der Waals surface area contributed by atoms with E-state index in [0.29, 0.717) is 16.7 Å². The second-order valence-corrected chi connectivity index (χ2v) is 7.28. The van der Waals surface area contributed by atoms with Crippen molar-refractivity contribution < 1.29 is 22.7 Å². The summed E-state index contributed by atoms with van der Waals surface area (Å²) < 4.78 is 44.4. The zero-order valence-electron chi connectivity index (χ0n) is 16.7. The van der Waals surface area contributed by atoms with Crippen LogP contribution in [-0.2, 0) is 10.9 Å². The molecule has 0 saturated heterocycles. The number of cyclic esters (lactones) is 1. The molecular formula is C26H19F3O2. The fourth-order valence-corrected chi connectivity index (χ4v) is 3.58. The zero-order chi connectivity index (χ0) is 22.0. The van der Waals surface area contributed by atoms with Crippen LogP contribution < -0.4 is 0 Å². The van der Waals surface area contributed by atoms with Crippen molar-refractivity contribution in [2.75, 3.05) is 0 Å². The predicted molar refractivity (Wildman–Crippen MR) is 115 cm³/mol. The van der Waals surface area contributed by atoms with Crippen molar-refractivity contribution in [3.63, 3.8) is 0 Å². The molecule has 0 aliphatic carbocycles. The highest BCUT2D eigenvalue weighted by molar-refractivity contribution is 6.05. The standard InChI is InChI=1S/C26H19F3O2/c1-17-23(15-19-11-13-20(14-12-19)26(27,28)29)24(16-18-7-3-2-4-8-18)21-9-5-6-10-22(21)25(30)31-17/h2-17H,1H3. The molecule has 0 aromatic heterocycles. The molecule has 1 aliphatic rings. The van der Waals surface area contributed by atoms with E-state index in [9.17, 15) is 18.0 Å². The summed E-state index contributed by atoms with van der Waals surface area (Å²) in [5.41, 5.74) is 3.49. The number of carbonyl (C=O) groups excluding carboxylic acids is 1. The van der Waals surface area contributed by atoms with E-state index in [1.165, 1.54) is 12.1 Å². The minimum Gasteiger partial charge on any atom is -0.454 e. The number of hydrogen-bond acceptors (Lipinski definition) is 2. The third-order valence-corrected chi connectivity index (χ3v) is 5.14. The number of benzene rings is 3. The van der Waals surface area contributed by atoms with E-state index in [1.54, 1.807) is 25.1 Å². The molecule has 0 saturated carbocycles. The Hall–Kier alpha value is -3.60. The fraction of sp³-hybridized carbons (Fsp3) is 0.115. The predicted octanol–water partition coefficient (Wildman–Crippen LogP) is 6.89. The van der Waals surface area contributed by atoms with Gasteiger partial charge in [-0.3, -0.25) is 0 Å². The second kappa shape index (κ2) is 8.26. The number of halogens is 3. The number of esters is 1. The maximum absolute atomic E-state index is 12.9. The summed E-state index contributed by atoms with van der Waals surface area (Å²) in [6, 6.07) is 21.8. The molecule has 0 bridgehead atoms. The lowest BCUT2D eigenvalue weighted by Crippen LogP contribution is -2.14. The molecule has 1 heterocycles. The van der Waals surface area contributed by atoms with Crippen LogP contribution in [0.3, 0.4) is 0 Å². The van der Waals surface area contributed by atoms with Crippen molar-refractivity contribution in [2.24, 2.45) is 0 Å². The summed E-state index contributed by atoms with van der Waals surface area (Å²) in [6.45, 7) is 1.76. The molecule has 0 spiro atoms. The van der Waals surface area contributed by atoms with Crippen LogP contribution in [0, 0.1) is 0 Å². The second-order valence-electron chi connectivity index (χ2n) is 7.28. The molecular weight excluding hydrogens is 401 g/mol. The van der Waals surface area contributed by atoms with Gasteiger partial charge in [-0.25, -0.2) is 4.79 Å². The molecule has 3 aromatic carbocycles. The first-order valence-corrected chi connectivity index (χ1v) is 9.79. The van der Waals surface area contributed by atoms with Crippen LogP contribution in [0.2, 0.25) is 0 Å². The van der Waals surface area contributed by atoms with Gasteiger partial charge in [0.15, 0.2) is 0 Å². The first-order chi connectivity index (χ1) is 14.8. The summed E-state index contributed by atoms with van der Waals surface area (Å²) in [7, 11) is 0. The molecule has 0 amide bonds. The van der Waals surface area contributed by atoms with E-state index in [0.717, 1.165) is 28.8 Å². The molecule has 4 rings (SSSR count). The van der Waals surface area contributed by atoms with Gasteiger partial charge in [0.25, 0.3) is 0 Å². The Labute approximate surface area is 178 Å². The Morgan fingerprint density at radius 2 is 1.35 bits per heavy atom. The molecule has 0 N–H and O–H groups in total. The minimum absolute atomic E-state index is 0.433. The first-order valence-electron chi connectivity index (χ1n) is 9.79. The molecule has 156 valence electrons. The summed E-state index contributed by atoms with van der Waals surface area (Å²) in [6.07, 6.45) is -1.24. The Morgan fingerprint density at radius 1 is 0.774 bits per heavy atom. The average Bonchev–Trinajstić information content (AvgIpc) is 2.85. The third-order valence-electron chi connectivity index (χ3n) is 5.14. The molecule has 2 nitrogen and oxygen atoms in total. The highest BCUT2D eigenvalue weighted by atomic mass is 19.4. The van der Waals surface area contributed by atoms with Crippen LogP contribution >= 0.6 is 0 Å². The number of fused-ring (bicyclic) bond motifs is 1. The van der Waals surface area contributed by atoms with Gasteiger partial charge in [0, 0.05) is 5.57 Å². The molecule has 0 radical (unpaired) electrons. The number of ether oxygens (including phenoxy) is 1. The smallest absolute Gasteiger partial charge is 0.416 e. The minimum atomic E-state index is -4.39. The van der Waals surface area contributed by atoms with Crippen LogP contribution in [0.5, 0.6) is 0 Å². The fourth-order valence-electron chi connectivity index (χ4n) is 3.58. The summed E-state index contributed by atoms with van der Waals surface area (Å²) >= 11 is 0. The highest BCUT2D eigenvalue weighted by Gasteiger charge is 2.30. The number of alkyl halides is 3. The van der Waals surface area contributed by atoms with Gasteiger partial charge < -0.3 is 4.74 Å². The molecule has 0 fully saturated rings. The monoisotopic (exact) mass is 420 g/mol. The topological polar surface area (TPSA) is 26.3 Å². The van der Waals surface area contributed by atoms with Crippen LogP contribution in [0.1, 0.15) is 39.5 Å². The van der Waals surface area contributed by atoms with Gasteiger partial charge in [0.2, 0.25) is 0 Å². The highest BCUT2D eigenvalue weighted by Crippen LogP contribution is 2.37. The van der Waals surface area contributed by atoms with Crippen molar-refractivity contribution in [3.05, 3.63) is 112 Å². The summed E-state index contributed by atoms with van der Waals surface area (Å²) in [4.78, 5) is 12.7. The van der Waals surface area contributed by atoms with Crippen molar-refractivity contribution in [3.8, 4) is 0 Å². The van der Waals surface area contributed by atoms with Gasteiger partial charge in [-0.15, -0.1) is 0 Å². The molecule has 1 unspecified atom stereocenters. The van der Waals surface area contributed by atoms with Crippen LogP contribution in [-0.4, -0.2) is 12.1 Å². The van der Waals surface area contributed by atoms with Gasteiger partial charge in [-0.1, -0.05) is 60.7 Å². The summed E-state index contributed by atoms with van der Waals surface area (Å²) in [5.74, 6) is -0.433. The van der Waals surface area contributed by atoms with Crippen molar-refractivity contribution in [2.45, 2.75) is 19.2 Å². The van der Waals surface area contributed by atoms with Gasteiger partial charge in [0.05, 0.1) is 11.1 Å². The lowest BCUT2D eigenvalue weighted by molar-refractivity contribution is -0.137. The lowest BCUT2D eigenvalue weighted by Gasteiger charge is -2.16. The largest absolute Gasteiger partial charge is 0.454 e. The first kappa shape index (κ1) is 20.7. The average molecular weight is 420 g/mol. The maximum atomic E-state index is 12.9. The number of rotatable bonds is 2. The molecule has 3 aromatic rings. The Morgan fingerprint density at radius 3 is 2.00 bits per heavy atom. The van der Waals surface area contributed by atoms with E-state index in [1.807, 2.05) is 48.5 Å². The van der Waals surface area contributed by atoms with E-state index >= 15 is 0 Å². The van der Waals surface area contributed by atoms with Gasteiger partial charge >= 0.3 is 12.1 Å². The van der Waals surface area contributed by atoms with E-state index < -0.39 is 23.8 Å². The Balaban J connectivity index is 1.88. The molecule has 1 atom stereocenters. The van der Waals surface area contributed by atoms with E-state index in [-0.39, 0.29) is 0 Å². The Bertz CT molecular complexity index is 1160. The van der Waals surface area contributed by atoms with Crippen molar-refractivity contribution in [1.29, 1.82) is 0 Å².